The molecular weight excluding hydrogens is 200 g/mol. The number of aliphatic hydroxyl groups excluding tert-OH is 1. The molecule has 1 rings (SSSR count). The summed E-state index contributed by atoms with van der Waals surface area (Å²) in [5.74, 6) is 0.508. The van der Waals surface area contributed by atoms with E-state index < -0.39 is 6.10 Å². The number of allylic oxidation sites excluding steroid dienone is 2. The van der Waals surface area contributed by atoms with Gasteiger partial charge in [0.05, 0.1) is 6.10 Å². The Morgan fingerprint density at radius 3 is 2.56 bits per heavy atom. The predicted molar refractivity (Wildman–Crippen MR) is 66.0 cm³/mol. The van der Waals surface area contributed by atoms with Gasteiger partial charge in [0.2, 0.25) is 0 Å². The van der Waals surface area contributed by atoms with Crippen LogP contribution in [0.4, 0.5) is 0 Å². The van der Waals surface area contributed by atoms with E-state index in [1.54, 1.807) is 0 Å². The fraction of sp³-hybridized carbons (Fsp3) is 0.643. The fourth-order valence-electron chi connectivity index (χ4n) is 2.28. The number of hydrogen-bond donors (Lipinski definition) is 1. The van der Waals surface area contributed by atoms with Crippen molar-refractivity contribution in [2.45, 2.75) is 40.2 Å². The third kappa shape index (κ3) is 2.62. The Balaban J connectivity index is 3.01. The van der Waals surface area contributed by atoms with Crippen LogP contribution in [-0.4, -0.2) is 17.0 Å². The summed E-state index contributed by atoms with van der Waals surface area (Å²) in [7, 11) is 0. The molecule has 0 radical (unpaired) electrons. The lowest BCUT2D eigenvalue weighted by Crippen LogP contribution is -2.35. The molecule has 3 atom stereocenters. The first-order chi connectivity index (χ1) is 7.34. The molecule has 0 spiro atoms. The Morgan fingerprint density at radius 1 is 1.56 bits per heavy atom. The van der Waals surface area contributed by atoms with Crippen LogP contribution >= 0.6 is 0 Å². The van der Waals surface area contributed by atoms with Gasteiger partial charge in [0.25, 0.3) is 0 Å². The SMILES string of the molecule is C=C(C)C1CC(=O)C(C)=CC1C(O)C(C)C. The zero-order valence-electron chi connectivity index (χ0n) is 10.7. The number of aliphatic hydroxyl groups is 1. The molecule has 0 bridgehead atoms. The summed E-state index contributed by atoms with van der Waals surface area (Å²) in [5, 5.41) is 10.2. The van der Waals surface area contributed by atoms with E-state index in [1.807, 2.05) is 33.8 Å². The van der Waals surface area contributed by atoms with Gasteiger partial charge in [-0.3, -0.25) is 4.79 Å². The van der Waals surface area contributed by atoms with Crippen LogP contribution in [0.3, 0.4) is 0 Å². The van der Waals surface area contributed by atoms with Crippen LogP contribution in [0.1, 0.15) is 34.1 Å². The van der Waals surface area contributed by atoms with E-state index in [1.165, 1.54) is 0 Å². The van der Waals surface area contributed by atoms with Crippen LogP contribution in [0.5, 0.6) is 0 Å². The van der Waals surface area contributed by atoms with E-state index in [9.17, 15) is 9.90 Å². The van der Waals surface area contributed by atoms with E-state index >= 15 is 0 Å². The lowest BCUT2D eigenvalue weighted by Gasteiger charge is -2.34. The van der Waals surface area contributed by atoms with E-state index in [2.05, 4.69) is 6.58 Å². The van der Waals surface area contributed by atoms with Gasteiger partial charge in [-0.2, -0.15) is 0 Å². The van der Waals surface area contributed by atoms with Crippen LogP contribution in [0.2, 0.25) is 0 Å². The van der Waals surface area contributed by atoms with Gasteiger partial charge in [0.15, 0.2) is 5.78 Å². The maximum absolute atomic E-state index is 11.7. The minimum absolute atomic E-state index is 0.0372. The van der Waals surface area contributed by atoms with E-state index in [0.717, 1.165) is 11.1 Å². The molecule has 0 saturated carbocycles. The molecule has 2 nitrogen and oxygen atoms in total. The average Bonchev–Trinajstić information content (AvgIpc) is 2.19. The molecule has 1 aliphatic rings. The Kier molecular flexibility index (Phi) is 4.09. The van der Waals surface area contributed by atoms with Gasteiger partial charge >= 0.3 is 0 Å². The molecule has 0 aromatic rings. The molecule has 0 aromatic carbocycles. The number of hydrogen-bond acceptors (Lipinski definition) is 2. The third-order valence-corrected chi connectivity index (χ3v) is 3.46. The highest BCUT2D eigenvalue weighted by molar-refractivity contribution is 5.96. The van der Waals surface area contributed by atoms with Gasteiger partial charge in [-0.25, -0.2) is 0 Å². The van der Waals surface area contributed by atoms with Crippen molar-refractivity contribution in [3.05, 3.63) is 23.8 Å². The van der Waals surface area contributed by atoms with Gasteiger partial charge in [-0.1, -0.05) is 32.1 Å². The molecular formula is C14H22O2. The van der Waals surface area contributed by atoms with E-state index in [-0.39, 0.29) is 23.5 Å². The second-order valence-corrected chi connectivity index (χ2v) is 5.24. The van der Waals surface area contributed by atoms with Crippen LogP contribution in [-0.2, 0) is 4.79 Å². The standard InChI is InChI=1S/C14H22O2/c1-8(2)11-7-13(15)10(5)6-12(11)14(16)9(3)4/h6,9,11-12,14,16H,1,7H2,2-5H3. The highest BCUT2D eigenvalue weighted by atomic mass is 16.3. The Hall–Kier alpha value is -0.890. The molecule has 0 fully saturated rings. The lowest BCUT2D eigenvalue weighted by molar-refractivity contribution is -0.117. The maximum atomic E-state index is 11.7. The molecule has 0 heterocycles. The highest BCUT2D eigenvalue weighted by Gasteiger charge is 2.34. The molecule has 0 saturated heterocycles. The second kappa shape index (κ2) is 4.96. The quantitative estimate of drug-likeness (QED) is 0.745. The van der Waals surface area contributed by atoms with Crippen molar-refractivity contribution in [1.82, 2.24) is 0 Å². The molecule has 1 aliphatic carbocycles. The number of ketones is 1. The van der Waals surface area contributed by atoms with Crippen LogP contribution in [0.25, 0.3) is 0 Å². The summed E-state index contributed by atoms with van der Waals surface area (Å²) in [6.45, 7) is 11.7. The van der Waals surface area contributed by atoms with Crippen LogP contribution in [0.15, 0.2) is 23.8 Å². The fourth-order valence-corrected chi connectivity index (χ4v) is 2.28. The minimum atomic E-state index is -0.398. The van der Waals surface area contributed by atoms with Crippen molar-refractivity contribution in [3.8, 4) is 0 Å². The molecule has 0 amide bonds. The number of Topliss-reactive ketones (excluding diaryl/α,β-unsaturated/α-hetero) is 1. The van der Waals surface area contributed by atoms with Crippen molar-refractivity contribution in [3.63, 3.8) is 0 Å². The zero-order valence-corrected chi connectivity index (χ0v) is 10.7. The van der Waals surface area contributed by atoms with Gasteiger partial charge in [-0.15, -0.1) is 0 Å². The zero-order chi connectivity index (χ0) is 12.5. The van der Waals surface area contributed by atoms with Gasteiger partial charge in [0.1, 0.15) is 0 Å². The number of carbonyl (C=O) groups is 1. The van der Waals surface area contributed by atoms with Crippen molar-refractivity contribution in [2.75, 3.05) is 0 Å². The van der Waals surface area contributed by atoms with Crippen LogP contribution in [0, 0.1) is 17.8 Å². The summed E-state index contributed by atoms with van der Waals surface area (Å²) in [6.07, 6.45) is 2.02. The topological polar surface area (TPSA) is 37.3 Å². The Bertz CT molecular complexity index is 326. The lowest BCUT2D eigenvalue weighted by atomic mass is 9.72. The van der Waals surface area contributed by atoms with Gasteiger partial charge < -0.3 is 5.11 Å². The van der Waals surface area contributed by atoms with E-state index in [0.29, 0.717) is 6.42 Å². The summed E-state index contributed by atoms with van der Waals surface area (Å²) in [4.78, 5) is 11.7. The van der Waals surface area contributed by atoms with E-state index in [4.69, 9.17) is 0 Å². The summed E-state index contributed by atoms with van der Waals surface area (Å²) >= 11 is 0. The first-order valence-electron chi connectivity index (χ1n) is 5.89. The Morgan fingerprint density at radius 2 is 2.12 bits per heavy atom. The molecule has 0 aromatic heterocycles. The predicted octanol–water partition coefficient (Wildman–Crippen LogP) is 2.73. The smallest absolute Gasteiger partial charge is 0.158 e. The van der Waals surface area contributed by atoms with Gasteiger partial charge in [0, 0.05) is 12.3 Å². The number of rotatable bonds is 3. The van der Waals surface area contributed by atoms with Crippen molar-refractivity contribution < 1.29 is 9.90 Å². The molecule has 0 aliphatic heterocycles. The molecule has 90 valence electrons. The van der Waals surface area contributed by atoms with Crippen LogP contribution < -0.4 is 0 Å². The summed E-state index contributed by atoms with van der Waals surface area (Å²) in [5.41, 5.74) is 1.77. The van der Waals surface area contributed by atoms with Crippen molar-refractivity contribution in [1.29, 1.82) is 0 Å². The minimum Gasteiger partial charge on any atom is -0.392 e. The normalized spacial score (nSPS) is 27.9. The monoisotopic (exact) mass is 222 g/mol. The molecule has 1 N–H and O–H groups in total. The third-order valence-electron chi connectivity index (χ3n) is 3.46. The first-order valence-corrected chi connectivity index (χ1v) is 5.89. The Labute approximate surface area is 98.1 Å². The summed E-state index contributed by atoms with van der Waals surface area (Å²) < 4.78 is 0. The van der Waals surface area contributed by atoms with Crippen molar-refractivity contribution in [2.24, 2.45) is 17.8 Å². The van der Waals surface area contributed by atoms with Crippen molar-refractivity contribution >= 4 is 5.78 Å². The summed E-state index contributed by atoms with van der Waals surface area (Å²) in [6, 6.07) is 0. The molecule has 3 unspecified atom stereocenters. The number of carbonyl (C=O) groups excluding carboxylic acids is 1. The molecule has 2 heteroatoms. The first kappa shape index (κ1) is 13.2. The second-order valence-electron chi connectivity index (χ2n) is 5.24. The largest absolute Gasteiger partial charge is 0.392 e. The maximum Gasteiger partial charge on any atom is 0.158 e. The molecule has 16 heavy (non-hydrogen) atoms. The average molecular weight is 222 g/mol. The highest BCUT2D eigenvalue weighted by Crippen LogP contribution is 2.35. The van der Waals surface area contributed by atoms with Gasteiger partial charge in [-0.05, 0) is 31.3 Å².